The summed E-state index contributed by atoms with van der Waals surface area (Å²) in [6.45, 7) is 0. The van der Waals surface area contributed by atoms with Crippen LogP contribution >= 0.6 is 11.3 Å². The van der Waals surface area contributed by atoms with Crippen LogP contribution in [0, 0.1) is 17.6 Å². The minimum absolute atomic E-state index is 0.00946. The number of carbonyl (C=O) groups excluding carboxylic acids is 1. The van der Waals surface area contributed by atoms with Crippen LogP contribution in [-0.2, 0) is 4.79 Å². The van der Waals surface area contributed by atoms with E-state index in [1.807, 2.05) is 0 Å². The van der Waals surface area contributed by atoms with Crippen LogP contribution in [0.25, 0.3) is 10.3 Å². The molecule has 3 aromatic rings. The van der Waals surface area contributed by atoms with Crippen LogP contribution in [0.15, 0.2) is 30.3 Å². The quantitative estimate of drug-likeness (QED) is 0.761. The van der Waals surface area contributed by atoms with Crippen molar-refractivity contribution >= 4 is 44.2 Å². The molecule has 1 aliphatic carbocycles. The van der Waals surface area contributed by atoms with E-state index < -0.39 is 11.6 Å². The summed E-state index contributed by atoms with van der Waals surface area (Å²) in [4.78, 5) is 22.8. The Bertz CT molecular complexity index is 970. The van der Waals surface area contributed by atoms with E-state index in [1.54, 1.807) is 19.2 Å². The second-order valence-corrected chi connectivity index (χ2v) is 6.91. The van der Waals surface area contributed by atoms with Crippen LogP contribution in [-0.4, -0.2) is 22.9 Å². The highest BCUT2D eigenvalue weighted by molar-refractivity contribution is 7.22. The number of nitrogens with one attached hydrogen (secondary N) is 1. The first-order valence-corrected chi connectivity index (χ1v) is 8.60. The molecule has 4 rings (SSSR count). The van der Waals surface area contributed by atoms with E-state index in [9.17, 15) is 13.6 Å². The second-order valence-electron chi connectivity index (χ2n) is 5.93. The Morgan fingerprint density at radius 3 is 2.76 bits per heavy atom. The van der Waals surface area contributed by atoms with Gasteiger partial charge in [0.25, 0.3) is 0 Å². The molecule has 1 aliphatic rings. The third-order valence-electron chi connectivity index (χ3n) is 4.03. The van der Waals surface area contributed by atoms with Crippen molar-refractivity contribution in [1.29, 1.82) is 0 Å². The number of thiazole rings is 1. The fourth-order valence-electron chi connectivity index (χ4n) is 2.48. The number of amides is 1. The molecule has 0 atom stereocenters. The van der Waals surface area contributed by atoms with E-state index in [4.69, 9.17) is 0 Å². The maximum absolute atomic E-state index is 14.0. The summed E-state index contributed by atoms with van der Waals surface area (Å²) in [7, 11) is 1.65. The van der Waals surface area contributed by atoms with E-state index in [0.717, 1.165) is 18.9 Å². The average Bonchev–Trinajstić information content (AvgIpc) is 3.34. The van der Waals surface area contributed by atoms with E-state index in [-0.39, 0.29) is 17.5 Å². The van der Waals surface area contributed by atoms with E-state index in [0.29, 0.717) is 21.3 Å². The number of halogens is 2. The Labute approximate surface area is 146 Å². The molecule has 1 saturated carbocycles. The van der Waals surface area contributed by atoms with E-state index >= 15 is 0 Å². The van der Waals surface area contributed by atoms with Gasteiger partial charge in [-0.15, -0.1) is 0 Å². The maximum Gasteiger partial charge on any atom is 0.229 e. The van der Waals surface area contributed by atoms with Crippen molar-refractivity contribution in [2.45, 2.75) is 12.8 Å². The Morgan fingerprint density at radius 1 is 1.24 bits per heavy atom. The molecule has 2 heterocycles. The molecular weight excluding hydrogens is 346 g/mol. The molecule has 128 valence electrons. The molecule has 1 amide bonds. The molecule has 0 saturated heterocycles. The van der Waals surface area contributed by atoms with Gasteiger partial charge in [0.1, 0.15) is 27.8 Å². The number of anilines is 3. The average molecular weight is 360 g/mol. The molecule has 1 N–H and O–H groups in total. The highest BCUT2D eigenvalue weighted by Crippen LogP contribution is 2.33. The van der Waals surface area contributed by atoms with Crippen molar-refractivity contribution in [3.63, 3.8) is 0 Å². The van der Waals surface area contributed by atoms with Crippen LogP contribution in [0.4, 0.5) is 25.4 Å². The number of rotatable bonds is 4. The summed E-state index contributed by atoms with van der Waals surface area (Å²) in [6, 6.07) is 6.87. The lowest BCUT2D eigenvalue weighted by molar-refractivity contribution is -0.117. The van der Waals surface area contributed by atoms with Crippen LogP contribution in [0.1, 0.15) is 12.8 Å². The molecule has 0 spiro atoms. The summed E-state index contributed by atoms with van der Waals surface area (Å²) < 4.78 is 27.0. The molecule has 0 aliphatic heterocycles. The van der Waals surface area contributed by atoms with Gasteiger partial charge in [-0.25, -0.2) is 18.7 Å². The molecular formula is C17H14F2N4OS. The topological polar surface area (TPSA) is 58.1 Å². The van der Waals surface area contributed by atoms with Gasteiger partial charge < -0.3 is 10.2 Å². The number of hydrogen-bond donors (Lipinski definition) is 1. The summed E-state index contributed by atoms with van der Waals surface area (Å²) in [6.07, 6.45) is 1.85. The highest BCUT2D eigenvalue weighted by atomic mass is 32.1. The normalized spacial score (nSPS) is 13.9. The molecule has 1 fully saturated rings. The summed E-state index contributed by atoms with van der Waals surface area (Å²) in [5.74, 6) is -0.697. The van der Waals surface area contributed by atoms with Crippen molar-refractivity contribution < 1.29 is 13.6 Å². The Hall–Kier alpha value is -2.61. The zero-order valence-electron chi connectivity index (χ0n) is 13.3. The smallest absolute Gasteiger partial charge is 0.229 e. The second kappa shape index (κ2) is 6.03. The lowest BCUT2D eigenvalue weighted by atomic mass is 10.2. The summed E-state index contributed by atoms with van der Waals surface area (Å²) >= 11 is 1.27. The summed E-state index contributed by atoms with van der Waals surface area (Å²) in [5, 5.41) is 3.31. The first-order valence-electron chi connectivity index (χ1n) is 7.78. The zero-order valence-corrected chi connectivity index (χ0v) is 14.1. The standard InChI is InChI=1S/C17H14F2N4OS/c1-23(13-6-4-10(18)8-11(13)19)14-7-5-12-16(21-14)25-17(20-12)22-15(24)9-2-3-9/h4-9H,2-3H2,1H3,(H,20,22,24). The van der Waals surface area contributed by atoms with Crippen molar-refractivity contribution in [2.24, 2.45) is 5.92 Å². The fraction of sp³-hybridized carbons (Fsp3) is 0.235. The fourth-order valence-corrected chi connectivity index (χ4v) is 3.31. The zero-order chi connectivity index (χ0) is 17.6. The minimum Gasteiger partial charge on any atom is -0.327 e. The Morgan fingerprint density at radius 2 is 2.04 bits per heavy atom. The van der Waals surface area contributed by atoms with Gasteiger partial charge >= 0.3 is 0 Å². The molecule has 25 heavy (non-hydrogen) atoms. The van der Waals surface area contributed by atoms with Crippen LogP contribution in [0.3, 0.4) is 0 Å². The number of nitrogens with zero attached hydrogens (tertiary/aromatic N) is 3. The number of aromatic nitrogens is 2. The van der Waals surface area contributed by atoms with Crippen LogP contribution < -0.4 is 10.2 Å². The van der Waals surface area contributed by atoms with Crippen molar-refractivity contribution in [3.05, 3.63) is 42.0 Å². The van der Waals surface area contributed by atoms with Gasteiger partial charge in [0, 0.05) is 19.0 Å². The predicted octanol–water partition coefficient (Wildman–Crippen LogP) is 4.09. The number of pyridine rings is 1. The molecule has 0 bridgehead atoms. The van der Waals surface area contributed by atoms with Crippen LogP contribution in [0.2, 0.25) is 0 Å². The SMILES string of the molecule is CN(c1ccc2nc(NC(=O)C3CC3)sc2n1)c1ccc(F)cc1F. The largest absolute Gasteiger partial charge is 0.327 e. The maximum atomic E-state index is 14.0. The third-order valence-corrected chi connectivity index (χ3v) is 4.91. The Balaban J connectivity index is 1.62. The third kappa shape index (κ3) is 3.17. The van der Waals surface area contributed by atoms with E-state index in [1.165, 1.54) is 28.4 Å². The minimum atomic E-state index is -0.661. The first-order chi connectivity index (χ1) is 12.0. The van der Waals surface area contributed by atoms with Gasteiger partial charge in [0.05, 0.1) is 5.69 Å². The molecule has 2 aromatic heterocycles. The Kier molecular flexibility index (Phi) is 3.84. The lowest BCUT2D eigenvalue weighted by Crippen LogP contribution is -2.12. The number of benzene rings is 1. The number of carbonyl (C=O) groups is 1. The van der Waals surface area contributed by atoms with Gasteiger partial charge in [-0.1, -0.05) is 11.3 Å². The highest BCUT2D eigenvalue weighted by Gasteiger charge is 2.30. The van der Waals surface area contributed by atoms with Gasteiger partial charge in [-0.05, 0) is 37.1 Å². The van der Waals surface area contributed by atoms with Crippen molar-refractivity contribution in [2.75, 3.05) is 17.3 Å². The lowest BCUT2D eigenvalue weighted by Gasteiger charge is -2.18. The molecule has 1 aromatic carbocycles. The first kappa shape index (κ1) is 15.9. The monoisotopic (exact) mass is 360 g/mol. The van der Waals surface area contributed by atoms with Crippen LogP contribution in [0.5, 0.6) is 0 Å². The molecule has 0 unspecified atom stereocenters. The molecule has 8 heteroatoms. The van der Waals surface area contributed by atoms with Crippen molar-refractivity contribution in [1.82, 2.24) is 9.97 Å². The summed E-state index contributed by atoms with van der Waals surface area (Å²) in [5.41, 5.74) is 0.882. The molecule has 5 nitrogen and oxygen atoms in total. The van der Waals surface area contributed by atoms with Gasteiger partial charge in [0.2, 0.25) is 5.91 Å². The number of hydrogen-bond acceptors (Lipinski definition) is 5. The van der Waals surface area contributed by atoms with Gasteiger partial charge in [0.15, 0.2) is 5.13 Å². The van der Waals surface area contributed by atoms with E-state index in [2.05, 4.69) is 15.3 Å². The van der Waals surface area contributed by atoms with Gasteiger partial charge in [-0.2, -0.15) is 0 Å². The predicted molar refractivity (Wildman–Crippen MR) is 93.2 cm³/mol. The number of fused-ring (bicyclic) bond motifs is 1. The van der Waals surface area contributed by atoms with Gasteiger partial charge in [-0.3, -0.25) is 4.79 Å². The molecule has 0 radical (unpaired) electrons. The van der Waals surface area contributed by atoms with Crippen molar-refractivity contribution in [3.8, 4) is 0 Å².